The average Bonchev–Trinajstić information content (AvgIpc) is 3.44. The second-order valence-corrected chi connectivity index (χ2v) is 12.4. The van der Waals surface area contributed by atoms with Crippen LogP contribution in [0.1, 0.15) is 74.1 Å². The molecule has 0 aromatic heterocycles. The number of carbonyl (C=O) groups is 4. The van der Waals surface area contributed by atoms with Gasteiger partial charge < -0.3 is 35.2 Å². The van der Waals surface area contributed by atoms with Crippen molar-refractivity contribution in [1.82, 2.24) is 25.8 Å². The van der Waals surface area contributed by atoms with Gasteiger partial charge in [0.25, 0.3) is 0 Å². The van der Waals surface area contributed by atoms with Gasteiger partial charge in [-0.25, -0.2) is 0 Å². The summed E-state index contributed by atoms with van der Waals surface area (Å²) in [5.74, 6) is -1.14. The van der Waals surface area contributed by atoms with Gasteiger partial charge in [0.15, 0.2) is 0 Å². The van der Waals surface area contributed by atoms with Crippen molar-refractivity contribution in [3.8, 4) is 0 Å². The van der Waals surface area contributed by atoms with E-state index in [4.69, 9.17) is 9.47 Å². The van der Waals surface area contributed by atoms with Crippen molar-refractivity contribution < 1.29 is 28.7 Å². The van der Waals surface area contributed by atoms with Crippen LogP contribution in [0.5, 0.6) is 0 Å². The van der Waals surface area contributed by atoms with Gasteiger partial charge in [0.1, 0.15) is 6.04 Å². The number of hydrogen-bond donors (Lipinski definition) is 3. The first-order valence-corrected chi connectivity index (χ1v) is 15.5. The summed E-state index contributed by atoms with van der Waals surface area (Å²) < 4.78 is 11.7. The summed E-state index contributed by atoms with van der Waals surface area (Å²) in [7, 11) is 8.21. The molecule has 11 heteroatoms. The third-order valence-electron chi connectivity index (χ3n) is 9.00. The van der Waals surface area contributed by atoms with E-state index in [0.29, 0.717) is 6.54 Å². The average molecular weight is 598 g/mol. The summed E-state index contributed by atoms with van der Waals surface area (Å²) in [4.78, 5) is 56.7. The van der Waals surface area contributed by atoms with Crippen molar-refractivity contribution >= 4 is 23.6 Å². The molecular weight excluding hydrogens is 538 g/mol. The number of rotatable bonds is 17. The first-order chi connectivity index (χ1) is 19.7. The molecule has 0 aromatic rings. The number of amides is 4. The Morgan fingerprint density at radius 1 is 0.929 bits per heavy atom. The lowest BCUT2D eigenvalue weighted by molar-refractivity contribution is -0.147. The van der Waals surface area contributed by atoms with E-state index in [2.05, 4.69) is 16.0 Å². The van der Waals surface area contributed by atoms with Crippen LogP contribution in [0, 0.1) is 23.7 Å². The summed E-state index contributed by atoms with van der Waals surface area (Å²) in [6, 6.07) is -1.78. The van der Waals surface area contributed by atoms with E-state index < -0.39 is 36.3 Å². The third kappa shape index (κ3) is 9.38. The Bertz CT molecular complexity index is 884. The van der Waals surface area contributed by atoms with Crippen molar-refractivity contribution in [2.24, 2.45) is 23.7 Å². The largest absolute Gasteiger partial charge is 0.379 e. The van der Waals surface area contributed by atoms with Crippen LogP contribution < -0.4 is 16.0 Å². The first-order valence-electron chi connectivity index (χ1n) is 15.5. The summed E-state index contributed by atoms with van der Waals surface area (Å²) in [5.41, 5.74) is 0. The topological polar surface area (TPSA) is 129 Å². The van der Waals surface area contributed by atoms with E-state index >= 15 is 0 Å². The molecule has 1 aliphatic rings. The molecule has 3 unspecified atom stereocenters. The maximum atomic E-state index is 14.0. The van der Waals surface area contributed by atoms with Gasteiger partial charge in [-0.15, -0.1) is 0 Å². The van der Waals surface area contributed by atoms with E-state index in [0.717, 1.165) is 19.3 Å². The van der Waals surface area contributed by atoms with Gasteiger partial charge in [-0.2, -0.15) is 0 Å². The fourth-order valence-corrected chi connectivity index (χ4v) is 6.28. The number of carbonyl (C=O) groups excluding carboxylic acids is 4. The van der Waals surface area contributed by atoms with Gasteiger partial charge in [0.2, 0.25) is 23.6 Å². The molecule has 1 saturated heterocycles. The SMILES string of the molecule is CCC(C)C([C@@H](CC(=O)N1CCC[C@H]1[C@H](OC)[C@@H](C)C(=O)NC)OC)N(C)C(=O)[C@@H](NC(=O)C(NC)C(C)C)C(C)C. The molecule has 8 atom stereocenters. The number of nitrogens with one attached hydrogen (secondary N) is 3. The Hall–Kier alpha value is -2.24. The molecule has 1 aliphatic heterocycles. The van der Waals surface area contributed by atoms with Crippen LogP contribution in [-0.2, 0) is 28.7 Å². The monoisotopic (exact) mass is 597 g/mol. The number of hydrogen-bond acceptors (Lipinski definition) is 7. The number of likely N-dealkylation sites (N-methyl/N-ethyl adjacent to an activating group) is 2. The van der Waals surface area contributed by atoms with Crippen molar-refractivity contribution in [3.05, 3.63) is 0 Å². The van der Waals surface area contributed by atoms with Crippen LogP contribution in [0.25, 0.3) is 0 Å². The molecule has 3 N–H and O–H groups in total. The van der Waals surface area contributed by atoms with Crippen LogP contribution in [0.4, 0.5) is 0 Å². The van der Waals surface area contributed by atoms with E-state index in [9.17, 15) is 19.2 Å². The number of ether oxygens (including phenoxy) is 2. The van der Waals surface area contributed by atoms with Gasteiger partial charge in [-0.3, -0.25) is 19.2 Å². The molecule has 0 radical (unpaired) electrons. The third-order valence-corrected chi connectivity index (χ3v) is 9.00. The minimum atomic E-state index is -0.728. The van der Waals surface area contributed by atoms with E-state index in [-0.39, 0.29) is 53.8 Å². The predicted molar refractivity (Wildman–Crippen MR) is 165 cm³/mol. The molecule has 42 heavy (non-hydrogen) atoms. The second kappa shape index (κ2) is 17.8. The summed E-state index contributed by atoms with van der Waals surface area (Å²) in [6.07, 6.45) is 1.42. The van der Waals surface area contributed by atoms with E-state index in [1.165, 1.54) is 0 Å². The Morgan fingerprint density at radius 2 is 1.52 bits per heavy atom. The second-order valence-electron chi connectivity index (χ2n) is 12.4. The number of nitrogens with zero attached hydrogens (tertiary/aromatic N) is 2. The van der Waals surface area contributed by atoms with Crippen LogP contribution in [0.2, 0.25) is 0 Å². The highest BCUT2D eigenvalue weighted by atomic mass is 16.5. The molecule has 1 fully saturated rings. The Balaban J connectivity index is 3.24. The maximum Gasteiger partial charge on any atom is 0.245 e. The van der Waals surface area contributed by atoms with Crippen LogP contribution in [-0.4, -0.2) is 112 Å². The molecule has 0 aliphatic carbocycles. The molecular formula is C31H59N5O6. The molecule has 0 spiro atoms. The van der Waals surface area contributed by atoms with Gasteiger partial charge in [-0.1, -0.05) is 54.9 Å². The van der Waals surface area contributed by atoms with Gasteiger partial charge >= 0.3 is 0 Å². The van der Waals surface area contributed by atoms with Crippen molar-refractivity contribution in [2.75, 3.05) is 41.9 Å². The van der Waals surface area contributed by atoms with E-state index in [1.807, 2.05) is 53.4 Å². The lowest BCUT2D eigenvalue weighted by Gasteiger charge is -2.41. The highest BCUT2D eigenvalue weighted by Gasteiger charge is 2.42. The minimum absolute atomic E-state index is 0.0234. The summed E-state index contributed by atoms with van der Waals surface area (Å²) >= 11 is 0. The molecule has 0 bridgehead atoms. The molecule has 0 aromatic carbocycles. The first kappa shape index (κ1) is 37.8. The number of likely N-dealkylation sites (tertiary alicyclic amines) is 1. The smallest absolute Gasteiger partial charge is 0.245 e. The molecule has 4 amide bonds. The minimum Gasteiger partial charge on any atom is -0.379 e. The summed E-state index contributed by atoms with van der Waals surface area (Å²) in [5, 5.41) is 8.70. The number of methoxy groups -OCH3 is 2. The molecule has 11 nitrogen and oxygen atoms in total. The van der Waals surface area contributed by atoms with Gasteiger partial charge in [-0.05, 0) is 37.6 Å². The van der Waals surface area contributed by atoms with E-state index in [1.54, 1.807) is 40.3 Å². The molecule has 244 valence electrons. The van der Waals surface area contributed by atoms with Gasteiger partial charge in [0.05, 0.1) is 42.7 Å². The molecule has 1 rings (SSSR count). The highest BCUT2D eigenvalue weighted by molar-refractivity contribution is 5.90. The Morgan fingerprint density at radius 3 is 1.98 bits per heavy atom. The van der Waals surface area contributed by atoms with Crippen molar-refractivity contribution in [3.63, 3.8) is 0 Å². The zero-order valence-corrected chi connectivity index (χ0v) is 28.2. The normalized spacial score (nSPS) is 20.4. The maximum absolute atomic E-state index is 14.0. The molecule has 0 saturated carbocycles. The summed E-state index contributed by atoms with van der Waals surface area (Å²) in [6.45, 7) is 14.2. The molecule has 1 heterocycles. The zero-order valence-electron chi connectivity index (χ0n) is 28.2. The lowest BCUT2D eigenvalue weighted by atomic mass is 9.89. The van der Waals surface area contributed by atoms with Crippen LogP contribution >= 0.6 is 0 Å². The van der Waals surface area contributed by atoms with Crippen molar-refractivity contribution in [1.29, 1.82) is 0 Å². The van der Waals surface area contributed by atoms with Crippen LogP contribution in [0.15, 0.2) is 0 Å². The van der Waals surface area contributed by atoms with Crippen LogP contribution in [0.3, 0.4) is 0 Å². The predicted octanol–water partition coefficient (Wildman–Crippen LogP) is 2.04. The lowest BCUT2D eigenvalue weighted by Crippen LogP contribution is -2.59. The Kier molecular flexibility index (Phi) is 16.0. The standard InChI is InChI=1S/C31H59N5O6/c1-13-20(6)27(35(10)31(40)26(19(4)5)34-30(39)25(32-8)18(2)3)23(41-11)17-24(37)36-16-14-15-22(36)28(42-12)21(7)29(38)33-9/h18-23,25-28,32H,13-17H2,1-12H3,(H,33,38)(H,34,39)/t20?,21-,22+,23-,25?,26+,27?,28-/m1/s1. The Labute approximate surface area is 254 Å². The quantitative estimate of drug-likeness (QED) is 0.234. The fraction of sp³-hybridized carbons (Fsp3) is 0.871. The van der Waals surface area contributed by atoms with Crippen molar-refractivity contribution in [2.45, 2.75) is 111 Å². The highest BCUT2D eigenvalue weighted by Crippen LogP contribution is 2.29. The van der Waals surface area contributed by atoms with Gasteiger partial charge in [0, 0.05) is 34.9 Å². The zero-order chi connectivity index (χ0) is 32.3. The fourth-order valence-electron chi connectivity index (χ4n) is 6.28.